The van der Waals surface area contributed by atoms with Crippen molar-refractivity contribution >= 4 is 34.1 Å². The molecule has 1 heterocycles. The second kappa shape index (κ2) is 4.80. The average molecular weight is 251 g/mol. The molecule has 0 saturated carbocycles. The summed E-state index contributed by atoms with van der Waals surface area (Å²) in [7, 11) is 0. The Morgan fingerprint density at radius 3 is 2.88 bits per heavy atom. The molecule has 0 aliphatic rings. The van der Waals surface area contributed by atoms with Gasteiger partial charge in [0.15, 0.2) is 0 Å². The van der Waals surface area contributed by atoms with Crippen molar-refractivity contribution in [1.29, 1.82) is 0 Å². The van der Waals surface area contributed by atoms with E-state index in [9.17, 15) is 0 Å². The van der Waals surface area contributed by atoms with Crippen LogP contribution in [0.3, 0.4) is 0 Å². The van der Waals surface area contributed by atoms with Crippen molar-refractivity contribution in [1.82, 2.24) is 0 Å². The SMILES string of the molecule is CCc1oc2ccc(N=C(N)CCl)cc2c1C. The van der Waals surface area contributed by atoms with Crippen LogP contribution in [0.25, 0.3) is 11.0 Å². The lowest BCUT2D eigenvalue weighted by Crippen LogP contribution is -2.12. The summed E-state index contributed by atoms with van der Waals surface area (Å²) in [5.41, 5.74) is 8.48. The maximum atomic E-state index is 5.73. The molecule has 0 radical (unpaired) electrons. The van der Waals surface area contributed by atoms with Crippen LogP contribution in [0.2, 0.25) is 0 Å². The number of benzene rings is 1. The quantitative estimate of drug-likeness (QED) is 0.515. The third-order valence-corrected chi connectivity index (χ3v) is 3.02. The Kier molecular flexibility index (Phi) is 3.38. The standard InChI is InChI=1S/C13H15ClN2O/c1-3-11-8(2)10-6-9(16-13(15)7-14)4-5-12(10)17-11/h4-6H,3,7H2,1-2H3,(H2,15,16). The summed E-state index contributed by atoms with van der Waals surface area (Å²) in [6, 6.07) is 5.78. The minimum Gasteiger partial charge on any atom is -0.461 e. The molecule has 0 amide bonds. The lowest BCUT2D eigenvalue weighted by Gasteiger charge is -1.97. The zero-order valence-electron chi connectivity index (χ0n) is 9.96. The number of aliphatic imine (C=N–C) groups is 1. The Labute approximate surface area is 105 Å². The van der Waals surface area contributed by atoms with Crippen LogP contribution in [0, 0.1) is 6.92 Å². The second-order valence-corrected chi connectivity index (χ2v) is 4.19. The summed E-state index contributed by atoms with van der Waals surface area (Å²) < 4.78 is 5.73. The number of rotatable bonds is 3. The van der Waals surface area contributed by atoms with Crippen LogP contribution in [0.4, 0.5) is 5.69 Å². The molecule has 17 heavy (non-hydrogen) atoms. The predicted molar refractivity (Wildman–Crippen MR) is 72.3 cm³/mol. The molecule has 2 rings (SSSR count). The summed E-state index contributed by atoms with van der Waals surface area (Å²) in [5.74, 6) is 1.68. The van der Waals surface area contributed by atoms with E-state index in [2.05, 4.69) is 18.8 Å². The molecule has 0 fully saturated rings. The van der Waals surface area contributed by atoms with E-state index in [-0.39, 0.29) is 5.88 Å². The minimum absolute atomic E-state index is 0.239. The van der Waals surface area contributed by atoms with E-state index in [1.807, 2.05) is 18.2 Å². The molecule has 0 saturated heterocycles. The molecule has 2 N–H and O–H groups in total. The van der Waals surface area contributed by atoms with Crippen molar-refractivity contribution in [3.8, 4) is 0 Å². The van der Waals surface area contributed by atoms with Crippen molar-refractivity contribution < 1.29 is 4.42 Å². The monoisotopic (exact) mass is 250 g/mol. The van der Waals surface area contributed by atoms with Crippen LogP contribution in [0.15, 0.2) is 27.6 Å². The number of hydrogen-bond acceptors (Lipinski definition) is 2. The number of nitrogens with zero attached hydrogens (tertiary/aromatic N) is 1. The number of fused-ring (bicyclic) bond motifs is 1. The van der Waals surface area contributed by atoms with E-state index in [4.69, 9.17) is 21.8 Å². The van der Waals surface area contributed by atoms with Gasteiger partial charge in [0.25, 0.3) is 0 Å². The molecular weight excluding hydrogens is 236 g/mol. The minimum atomic E-state index is 0.239. The first-order valence-electron chi connectivity index (χ1n) is 5.56. The summed E-state index contributed by atoms with van der Waals surface area (Å²) in [6.45, 7) is 4.14. The Bertz CT molecular complexity index is 572. The van der Waals surface area contributed by atoms with Crippen molar-refractivity contribution in [2.24, 2.45) is 10.7 Å². The fourth-order valence-corrected chi connectivity index (χ4v) is 1.92. The van der Waals surface area contributed by atoms with Crippen molar-refractivity contribution in [3.63, 3.8) is 0 Å². The predicted octanol–water partition coefficient (Wildman–Crippen LogP) is 3.53. The lowest BCUT2D eigenvalue weighted by molar-refractivity contribution is 0.553. The van der Waals surface area contributed by atoms with Crippen LogP contribution in [0.1, 0.15) is 18.2 Å². The molecule has 0 aliphatic carbocycles. The fraction of sp³-hybridized carbons (Fsp3) is 0.308. The molecule has 4 heteroatoms. The molecule has 1 aromatic carbocycles. The maximum Gasteiger partial charge on any atom is 0.134 e. The maximum absolute atomic E-state index is 5.73. The van der Waals surface area contributed by atoms with Gasteiger partial charge in [0.1, 0.15) is 17.2 Å². The zero-order chi connectivity index (χ0) is 12.4. The second-order valence-electron chi connectivity index (χ2n) is 3.92. The number of furan rings is 1. The van der Waals surface area contributed by atoms with Crippen LogP contribution in [-0.2, 0) is 6.42 Å². The van der Waals surface area contributed by atoms with Gasteiger partial charge in [-0.1, -0.05) is 6.92 Å². The number of hydrogen-bond donors (Lipinski definition) is 1. The lowest BCUT2D eigenvalue weighted by atomic mass is 10.1. The normalized spacial score (nSPS) is 12.3. The largest absolute Gasteiger partial charge is 0.461 e. The Morgan fingerprint density at radius 2 is 2.24 bits per heavy atom. The van der Waals surface area contributed by atoms with Gasteiger partial charge in [0, 0.05) is 11.8 Å². The van der Waals surface area contributed by atoms with Crippen LogP contribution in [-0.4, -0.2) is 11.7 Å². The Balaban J connectivity index is 2.53. The smallest absolute Gasteiger partial charge is 0.134 e. The van der Waals surface area contributed by atoms with Gasteiger partial charge in [-0.3, -0.25) is 0 Å². The van der Waals surface area contributed by atoms with Crippen molar-refractivity contribution in [2.75, 3.05) is 5.88 Å². The summed E-state index contributed by atoms with van der Waals surface area (Å²) in [5, 5.41) is 1.09. The third kappa shape index (κ3) is 2.29. The molecule has 0 aliphatic heterocycles. The Hall–Kier alpha value is -1.48. The molecule has 3 nitrogen and oxygen atoms in total. The molecule has 0 unspecified atom stereocenters. The molecule has 1 aromatic heterocycles. The number of alkyl halides is 1. The van der Waals surface area contributed by atoms with Gasteiger partial charge in [-0.25, -0.2) is 4.99 Å². The van der Waals surface area contributed by atoms with Crippen LogP contribution < -0.4 is 5.73 Å². The molecule has 0 atom stereocenters. The number of halogens is 1. The zero-order valence-corrected chi connectivity index (χ0v) is 10.7. The highest BCUT2D eigenvalue weighted by molar-refractivity contribution is 6.28. The summed E-state index contributed by atoms with van der Waals surface area (Å²) in [4.78, 5) is 4.22. The molecular formula is C13H15ClN2O. The summed E-state index contributed by atoms with van der Waals surface area (Å²) >= 11 is 5.60. The highest BCUT2D eigenvalue weighted by Crippen LogP contribution is 2.29. The summed E-state index contributed by atoms with van der Waals surface area (Å²) in [6.07, 6.45) is 0.892. The number of amidine groups is 1. The first-order chi connectivity index (χ1) is 8.15. The van der Waals surface area contributed by atoms with Gasteiger partial charge in [-0.15, -0.1) is 11.6 Å². The molecule has 0 bridgehead atoms. The molecule has 90 valence electrons. The van der Waals surface area contributed by atoms with Crippen LogP contribution in [0.5, 0.6) is 0 Å². The molecule has 0 spiro atoms. The van der Waals surface area contributed by atoms with E-state index >= 15 is 0 Å². The number of nitrogens with two attached hydrogens (primary N) is 1. The van der Waals surface area contributed by atoms with E-state index in [0.717, 1.165) is 28.8 Å². The van der Waals surface area contributed by atoms with Gasteiger partial charge in [-0.2, -0.15) is 0 Å². The number of aryl methyl sites for hydroxylation is 2. The van der Waals surface area contributed by atoms with Crippen molar-refractivity contribution in [3.05, 3.63) is 29.5 Å². The average Bonchev–Trinajstić information content (AvgIpc) is 2.66. The van der Waals surface area contributed by atoms with Gasteiger partial charge in [0.05, 0.1) is 11.6 Å². The first kappa shape index (κ1) is 12.0. The van der Waals surface area contributed by atoms with Crippen LogP contribution >= 0.6 is 11.6 Å². The van der Waals surface area contributed by atoms with Gasteiger partial charge in [0.2, 0.25) is 0 Å². The van der Waals surface area contributed by atoms with Gasteiger partial charge < -0.3 is 10.2 Å². The van der Waals surface area contributed by atoms with Gasteiger partial charge in [-0.05, 0) is 30.7 Å². The van der Waals surface area contributed by atoms with E-state index in [0.29, 0.717) is 5.84 Å². The first-order valence-corrected chi connectivity index (χ1v) is 6.10. The van der Waals surface area contributed by atoms with Gasteiger partial charge >= 0.3 is 0 Å². The fourth-order valence-electron chi connectivity index (χ4n) is 1.86. The highest BCUT2D eigenvalue weighted by Gasteiger charge is 2.09. The third-order valence-electron chi connectivity index (χ3n) is 2.75. The highest BCUT2D eigenvalue weighted by atomic mass is 35.5. The van der Waals surface area contributed by atoms with Crippen molar-refractivity contribution in [2.45, 2.75) is 20.3 Å². The molecule has 2 aromatic rings. The van der Waals surface area contributed by atoms with E-state index in [1.54, 1.807) is 0 Å². The van der Waals surface area contributed by atoms with E-state index in [1.165, 1.54) is 5.56 Å². The topological polar surface area (TPSA) is 51.5 Å². The van der Waals surface area contributed by atoms with E-state index < -0.39 is 0 Å². The Morgan fingerprint density at radius 1 is 1.47 bits per heavy atom.